The number of likely N-dealkylation sites (N-methyl/N-ethyl adjacent to an activating group) is 1. The van der Waals surface area contributed by atoms with Crippen LogP contribution in [-0.4, -0.2) is 19.8 Å². The molecular weight excluding hydrogens is 316 g/mol. The van der Waals surface area contributed by atoms with Gasteiger partial charge in [0.1, 0.15) is 0 Å². The molecule has 0 atom stereocenters. The van der Waals surface area contributed by atoms with Crippen LogP contribution in [0.3, 0.4) is 0 Å². The van der Waals surface area contributed by atoms with E-state index in [2.05, 4.69) is 101 Å². The highest BCUT2D eigenvalue weighted by Crippen LogP contribution is 2.47. The Bertz CT molecular complexity index is 885. The first kappa shape index (κ1) is 18.4. The summed E-state index contributed by atoms with van der Waals surface area (Å²) in [5.74, 6) is 0. The molecule has 0 bridgehead atoms. The van der Waals surface area contributed by atoms with Gasteiger partial charge in [-0.3, -0.25) is 4.99 Å². The summed E-state index contributed by atoms with van der Waals surface area (Å²) in [5.41, 5.74) is 7.50. The number of aryl methyl sites for hydroxylation is 1. The van der Waals surface area contributed by atoms with Gasteiger partial charge in [-0.25, -0.2) is 0 Å². The van der Waals surface area contributed by atoms with Crippen molar-refractivity contribution in [3.8, 4) is 0 Å². The Hall–Kier alpha value is -2.35. The Morgan fingerprint density at radius 2 is 1.65 bits per heavy atom. The molecule has 0 saturated heterocycles. The third kappa shape index (κ3) is 2.78. The van der Waals surface area contributed by atoms with Crippen molar-refractivity contribution in [3.63, 3.8) is 0 Å². The average molecular weight is 347 g/mol. The number of nitrogens with zero attached hydrogens (tertiary/aromatic N) is 2. The second-order valence-electron chi connectivity index (χ2n) is 8.28. The van der Waals surface area contributed by atoms with Crippen molar-refractivity contribution in [1.29, 1.82) is 0 Å². The van der Waals surface area contributed by atoms with Gasteiger partial charge >= 0.3 is 0 Å². The summed E-state index contributed by atoms with van der Waals surface area (Å²) in [5, 5.41) is 0. The minimum atomic E-state index is -0.154. The number of hydrogen-bond donors (Lipinski definition) is 0. The van der Waals surface area contributed by atoms with E-state index in [0.717, 1.165) is 5.71 Å². The lowest BCUT2D eigenvalue weighted by Gasteiger charge is -2.30. The van der Waals surface area contributed by atoms with Gasteiger partial charge in [-0.1, -0.05) is 70.2 Å². The van der Waals surface area contributed by atoms with Crippen molar-refractivity contribution in [3.05, 3.63) is 77.0 Å². The molecule has 2 aromatic rings. The first-order valence-corrected chi connectivity index (χ1v) is 9.30. The molecule has 1 aliphatic heterocycles. The highest BCUT2D eigenvalue weighted by Gasteiger charge is 2.39. The maximum absolute atomic E-state index is 4.72. The quantitative estimate of drug-likeness (QED) is 0.655. The number of hydrogen-bond acceptors (Lipinski definition) is 2. The fraction of sp³-hybridized carbons (Fsp3) is 0.375. The molecule has 0 aliphatic carbocycles. The van der Waals surface area contributed by atoms with Crippen molar-refractivity contribution in [1.82, 2.24) is 0 Å². The lowest BCUT2D eigenvalue weighted by Crippen LogP contribution is -2.32. The number of rotatable bonds is 3. The number of allylic oxidation sites excluding steroid dienone is 2. The molecular formula is C24H30N2. The molecule has 1 aliphatic rings. The van der Waals surface area contributed by atoms with E-state index in [1.807, 2.05) is 7.05 Å². The van der Waals surface area contributed by atoms with Crippen LogP contribution in [0.25, 0.3) is 0 Å². The normalized spacial score (nSPS) is 18.3. The molecule has 2 heteroatoms. The number of anilines is 1. The van der Waals surface area contributed by atoms with Crippen molar-refractivity contribution in [2.75, 3.05) is 19.0 Å². The van der Waals surface area contributed by atoms with E-state index in [1.54, 1.807) is 0 Å². The lowest BCUT2D eigenvalue weighted by molar-refractivity contribution is 0.638. The van der Waals surface area contributed by atoms with Gasteiger partial charge in [0.15, 0.2) is 0 Å². The van der Waals surface area contributed by atoms with Crippen LogP contribution in [0.15, 0.2) is 65.3 Å². The van der Waals surface area contributed by atoms with E-state index in [4.69, 9.17) is 4.99 Å². The Balaban J connectivity index is 2.10. The molecule has 0 amide bonds. The maximum atomic E-state index is 4.72. The molecule has 2 nitrogen and oxygen atoms in total. The molecule has 0 radical (unpaired) electrons. The van der Waals surface area contributed by atoms with Gasteiger partial charge < -0.3 is 4.90 Å². The zero-order chi connectivity index (χ0) is 19.1. The zero-order valence-electron chi connectivity index (χ0n) is 17.1. The summed E-state index contributed by atoms with van der Waals surface area (Å²) in [6.07, 6.45) is 2.30. The maximum Gasteiger partial charge on any atom is 0.0462 e. The van der Waals surface area contributed by atoms with Gasteiger partial charge in [-0.15, -0.1) is 0 Å². The van der Waals surface area contributed by atoms with Crippen molar-refractivity contribution in [2.24, 2.45) is 4.99 Å². The first-order valence-electron chi connectivity index (χ1n) is 9.30. The van der Waals surface area contributed by atoms with Gasteiger partial charge in [0.25, 0.3) is 0 Å². The molecule has 0 fully saturated rings. The molecule has 3 rings (SSSR count). The molecule has 0 unspecified atom stereocenters. The second kappa shape index (κ2) is 6.42. The van der Waals surface area contributed by atoms with Crippen LogP contribution in [0.1, 0.15) is 44.4 Å². The topological polar surface area (TPSA) is 15.6 Å². The minimum absolute atomic E-state index is 0.0386. The summed E-state index contributed by atoms with van der Waals surface area (Å²) in [6, 6.07) is 17.3. The van der Waals surface area contributed by atoms with E-state index in [-0.39, 0.29) is 10.8 Å². The summed E-state index contributed by atoms with van der Waals surface area (Å²) in [4.78, 5) is 7.03. The molecule has 0 N–H and O–H groups in total. The van der Waals surface area contributed by atoms with E-state index in [1.165, 1.54) is 28.1 Å². The Morgan fingerprint density at radius 1 is 1.04 bits per heavy atom. The molecule has 1 heterocycles. The van der Waals surface area contributed by atoms with Gasteiger partial charge in [-0.2, -0.15) is 0 Å². The van der Waals surface area contributed by atoms with Gasteiger partial charge in [-0.05, 0) is 35.8 Å². The summed E-state index contributed by atoms with van der Waals surface area (Å²) in [6.45, 7) is 11.3. The Kier molecular flexibility index (Phi) is 4.56. The predicted molar refractivity (Wildman–Crippen MR) is 114 cm³/mol. The fourth-order valence-corrected chi connectivity index (χ4v) is 4.32. The van der Waals surface area contributed by atoms with Gasteiger partial charge in [0.05, 0.1) is 0 Å². The standard InChI is InChI=1S/C24H30N2/c1-17-12-8-9-13-18(17)23(2,3)21(25-6)16-22-24(4,5)19-14-10-11-15-20(19)26(22)7/h8-16H,1-7H3/b22-16-,25-21?. The Labute approximate surface area is 158 Å². The van der Waals surface area contributed by atoms with E-state index in [0.29, 0.717) is 0 Å². The van der Waals surface area contributed by atoms with Crippen molar-refractivity contribution >= 4 is 11.4 Å². The summed E-state index contributed by atoms with van der Waals surface area (Å²) < 4.78 is 0. The highest BCUT2D eigenvalue weighted by molar-refractivity contribution is 6.04. The van der Waals surface area contributed by atoms with E-state index in [9.17, 15) is 0 Å². The van der Waals surface area contributed by atoms with Crippen molar-refractivity contribution in [2.45, 2.75) is 45.4 Å². The molecule has 0 saturated carbocycles. The highest BCUT2D eigenvalue weighted by atomic mass is 15.2. The number of benzene rings is 2. The second-order valence-corrected chi connectivity index (χ2v) is 8.28. The van der Waals surface area contributed by atoms with Crippen LogP contribution in [0.4, 0.5) is 5.69 Å². The van der Waals surface area contributed by atoms with Crippen LogP contribution in [-0.2, 0) is 10.8 Å². The monoisotopic (exact) mass is 346 g/mol. The Morgan fingerprint density at radius 3 is 2.27 bits per heavy atom. The third-order valence-electron chi connectivity index (χ3n) is 5.91. The van der Waals surface area contributed by atoms with Crippen LogP contribution in [0, 0.1) is 6.92 Å². The molecule has 136 valence electrons. The lowest BCUT2D eigenvalue weighted by atomic mass is 9.76. The number of fused-ring (bicyclic) bond motifs is 1. The molecule has 2 aromatic carbocycles. The van der Waals surface area contributed by atoms with Crippen molar-refractivity contribution < 1.29 is 0 Å². The number of para-hydroxylation sites is 1. The van der Waals surface area contributed by atoms with Crippen LogP contribution in [0.5, 0.6) is 0 Å². The SMILES string of the molecule is CN=C(/C=C1\N(C)c2ccccc2C1(C)C)C(C)(C)c1ccccc1C. The van der Waals surface area contributed by atoms with E-state index >= 15 is 0 Å². The average Bonchev–Trinajstić information content (AvgIpc) is 2.80. The van der Waals surface area contributed by atoms with Crippen LogP contribution in [0.2, 0.25) is 0 Å². The van der Waals surface area contributed by atoms with Crippen LogP contribution < -0.4 is 4.90 Å². The molecule has 26 heavy (non-hydrogen) atoms. The van der Waals surface area contributed by atoms with Gasteiger partial charge in [0.2, 0.25) is 0 Å². The van der Waals surface area contributed by atoms with Crippen LogP contribution >= 0.6 is 0 Å². The number of aliphatic imine (C=N–C) groups is 1. The molecule has 0 aromatic heterocycles. The van der Waals surface area contributed by atoms with E-state index < -0.39 is 0 Å². The summed E-state index contributed by atoms with van der Waals surface area (Å²) >= 11 is 0. The predicted octanol–water partition coefficient (Wildman–Crippen LogP) is 5.65. The van der Waals surface area contributed by atoms with Gasteiger partial charge in [0, 0.05) is 42.0 Å². The first-order chi connectivity index (χ1) is 12.2. The minimum Gasteiger partial charge on any atom is -0.347 e. The fourth-order valence-electron chi connectivity index (χ4n) is 4.32. The zero-order valence-corrected chi connectivity index (χ0v) is 17.1. The third-order valence-corrected chi connectivity index (χ3v) is 5.91. The summed E-state index contributed by atoms with van der Waals surface area (Å²) in [7, 11) is 4.06. The largest absolute Gasteiger partial charge is 0.347 e. The smallest absolute Gasteiger partial charge is 0.0462 e. The molecule has 0 spiro atoms.